The standard InChI is InChI=1S/C15H16BrN3S/c1-8-4-5-18-15(12(8)14(17)20)19-11-6-9(2)13(16)10(3)7-11/h4-7H,1-3H3,(H2,17,20)(H,18,19). The summed E-state index contributed by atoms with van der Waals surface area (Å²) >= 11 is 8.68. The Hall–Kier alpha value is -1.46. The largest absolute Gasteiger partial charge is 0.389 e. The van der Waals surface area contributed by atoms with Gasteiger partial charge in [-0.3, -0.25) is 0 Å². The normalized spacial score (nSPS) is 10.4. The summed E-state index contributed by atoms with van der Waals surface area (Å²) in [7, 11) is 0. The highest BCUT2D eigenvalue weighted by molar-refractivity contribution is 9.10. The Morgan fingerprint density at radius 1 is 1.20 bits per heavy atom. The Labute approximate surface area is 132 Å². The van der Waals surface area contributed by atoms with E-state index in [0.29, 0.717) is 10.8 Å². The van der Waals surface area contributed by atoms with Crippen LogP contribution in [0.15, 0.2) is 28.9 Å². The Kier molecular flexibility index (Phi) is 4.40. The van der Waals surface area contributed by atoms with Crippen molar-refractivity contribution in [2.24, 2.45) is 5.73 Å². The maximum atomic E-state index is 5.80. The molecule has 0 saturated heterocycles. The molecule has 0 aliphatic rings. The molecule has 3 nitrogen and oxygen atoms in total. The first-order chi connectivity index (χ1) is 9.40. The summed E-state index contributed by atoms with van der Waals surface area (Å²) in [5.74, 6) is 0.693. The van der Waals surface area contributed by atoms with Gasteiger partial charge in [0.25, 0.3) is 0 Å². The van der Waals surface area contributed by atoms with E-state index >= 15 is 0 Å². The summed E-state index contributed by atoms with van der Waals surface area (Å²) in [4.78, 5) is 4.70. The van der Waals surface area contributed by atoms with E-state index < -0.39 is 0 Å². The van der Waals surface area contributed by atoms with Crippen molar-refractivity contribution in [3.63, 3.8) is 0 Å². The number of anilines is 2. The minimum absolute atomic E-state index is 0.351. The molecule has 0 aliphatic carbocycles. The van der Waals surface area contributed by atoms with E-state index in [1.54, 1.807) is 6.20 Å². The highest BCUT2D eigenvalue weighted by Crippen LogP contribution is 2.28. The van der Waals surface area contributed by atoms with Crippen LogP contribution in [-0.2, 0) is 0 Å². The maximum Gasteiger partial charge on any atom is 0.140 e. The Bertz CT molecular complexity index is 660. The molecule has 5 heteroatoms. The molecule has 104 valence electrons. The number of nitrogens with zero attached hydrogens (tertiary/aromatic N) is 1. The first-order valence-corrected chi connectivity index (χ1v) is 7.39. The van der Waals surface area contributed by atoms with Gasteiger partial charge in [0.05, 0.1) is 5.56 Å². The number of pyridine rings is 1. The molecular formula is C15H16BrN3S. The number of nitrogens with two attached hydrogens (primary N) is 1. The third-order valence-corrected chi connectivity index (χ3v) is 4.56. The summed E-state index contributed by atoms with van der Waals surface area (Å²) in [5.41, 5.74) is 10.9. The van der Waals surface area contributed by atoms with Gasteiger partial charge in [-0.25, -0.2) is 4.98 Å². The second-order valence-corrected chi connectivity index (χ2v) is 6.00. The first-order valence-electron chi connectivity index (χ1n) is 6.19. The van der Waals surface area contributed by atoms with Gasteiger partial charge in [-0.1, -0.05) is 28.1 Å². The lowest BCUT2D eigenvalue weighted by molar-refractivity contribution is 1.25. The zero-order valence-corrected chi connectivity index (χ0v) is 14.0. The van der Waals surface area contributed by atoms with Gasteiger partial charge in [0.1, 0.15) is 10.8 Å². The molecule has 0 spiro atoms. The lowest BCUT2D eigenvalue weighted by Gasteiger charge is -2.14. The molecule has 0 bridgehead atoms. The highest BCUT2D eigenvalue weighted by Gasteiger charge is 2.11. The van der Waals surface area contributed by atoms with Crippen LogP contribution < -0.4 is 11.1 Å². The van der Waals surface area contributed by atoms with Crippen molar-refractivity contribution < 1.29 is 0 Å². The van der Waals surface area contributed by atoms with Crippen molar-refractivity contribution in [1.82, 2.24) is 4.98 Å². The van der Waals surface area contributed by atoms with Crippen LogP contribution in [0.4, 0.5) is 11.5 Å². The number of rotatable bonds is 3. The minimum atomic E-state index is 0.351. The van der Waals surface area contributed by atoms with Crippen LogP contribution in [0, 0.1) is 20.8 Å². The van der Waals surface area contributed by atoms with E-state index in [1.807, 2.05) is 13.0 Å². The number of aromatic nitrogens is 1. The zero-order valence-electron chi connectivity index (χ0n) is 11.6. The molecule has 2 rings (SSSR count). The van der Waals surface area contributed by atoms with Crippen molar-refractivity contribution >= 4 is 44.6 Å². The van der Waals surface area contributed by atoms with Crippen LogP contribution in [0.25, 0.3) is 0 Å². The minimum Gasteiger partial charge on any atom is -0.389 e. The number of halogens is 1. The average molecular weight is 350 g/mol. The summed E-state index contributed by atoms with van der Waals surface area (Å²) < 4.78 is 1.12. The number of aryl methyl sites for hydroxylation is 3. The van der Waals surface area contributed by atoms with Crippen LogP contribution in [0.2, 0.25) is 0 Å². The molecule has 1 aromatic heterocycles. The Morgan fingerprint density at radius 3 is 2.35 bits per heavy atom. The van der Waals surface area contributed by atoms with Gasteiger partial charge in [-0.05, 0) is 55.7 Å². The fourth-order valence-electron chi connectivity index (χ4n) is 2.12. The van der Waals surface area contributed by atoms with E-state index in [0.717, 1.165) is 32.4 Å². The molecule has 2 aromatic rings. The molecular weight excluding hydrogens is 334 g/mol. The van der Waals surface area contributed by atoms with E-state index in [4.69, 9.17) is 18.0 Å². The fraction of sp³-hybridized carbons (Fsp3) is 0.200. The summed E-state index contributed by atoms with van der Waals surface area (Å²) in [5, 5.41) is 3.30. The van der Waals surface area contributed by atoms with Crippen molar-refractivity contribution in [2.45, 2.75) is 20.8 Å². The second-order valence-electron chi connectivity index (χ2n) is 4.76. The Balaban J connectivity index is 2.45. The van der Waals surface area contributed by atoms with Crippen molar-refractivity contribution in [1.29, 1.82) is 0 Å². The van der Waals surface area contributed by atoms with Gasteiger partial charge >= 0.3 is 0 Å². The predicted octanol–water partition coefficient (Wildman–Crippen LogP) is 4.15. The molecule has 1 aromatic carbocycles. The van der Waals surface area contributed by atoms with Crippen LogP contribution >= 0.6 is 28.1 Å². The summed E-state index contributed by atoms with van der Waals surface area (Å²) in [6, 6.07) is 6.02. The average Bonchev–Trinajstić information content (AvgIpc) is 2.35. The molecule has 0 saturated carbocycles. The lowest BCUT2D eigenvalue weighted by atomic mass is 10.1. The molecule has 3 N–H and O–H groups in total. The topological polar surface area (TPSA) is 50.9 Å². The van der Waals surface area contributed by atoms with Gasteiger partial charge < -0.3 is 11.1 Å². The van der Waals surface area contributed by atoms with Crippen LogP contribution in [0.1, 0.15) is 22.3 Å². The predicted molar refractivity (Wildman–Crippen MR) is 91.8 cm³/mol. The highest BCUT2D eigenvalue weighted by atomic mass is 79.9. The molecule has 0 fully saturated rings. The number of hydrogen-bond donors (Lipinski definition) is 2. The third kappa shape index (κ3) is 2.99. The SMILES string of the molecule is Cc1cc(Nc2nccc(C)c2C(N)=S)cc(C)c1Br. The van der Waals surface area contributed by atoms with Gasteiger partial charge in [-0.2, -0.15) is 0 Å². The van der Waals surface area contributed by atoms with Gasteiger partial charge in [0.2, 0.25) is 0 Å². The van der Waals surface area contributed by atoms with Crippen molar-refractivity contribution in [2.75, 3.05) is 5.32 Å². The summed E-state index contributed by atoms with van der Waals surface area (Å²) in [6.45, 7) is 6.08. The molecule has 0 amide bonds. The van der Waals surface area contributed by atoms with E-state index in [2.05, 4.69) is 52.2 Å². The molecule has 1 heterocycles. The number of benzene rings is 1. The second kappa shape index (κ2) is 5.89. The van der Waals surface area contributed by atoms with Gasteiger partial charge in [0.15, 0.2) is 0 Å². The maximum absolute atomic E-state index is 5.80. The molecule has 0 atom stereocenters. The number of nitrogens with one attached hydrogen (secondary N) is 1. The summed E-state index contributed by atoms with van der Waals surface area (Å²) in [6.07, 6.45) is 1.75. The fourth-order valence-corrected chi connectivity index (χ4v) is 2.61. The molecule has 20 heavy (non-hydrogen) atoms. The monoisotopic (exact) mass is 349 g/mol. The Morgan fingerprint density at radius 2 is 1.80 bits per heavy atom. The van der Waals surface area contributed by atoms with Crippen LogP contribution in [-0.4, -0.2) is 9.97 Å². The number of thiocarbonyl (C=S) groups is 1. The van der Waals surface area contributed by atoms with E-state index in [9.17, 15) is 0 Å². The van der Waals surface area contributed by atoms with Crippen LogP contribution in [0.3, 0.4) is 0 Å². The third-order valence-electron chi connectivity index (χ3n) is 3.10. The molecule has 0 unspecified atom stereocenters. The van der Waals surface area contributed by atoms with Gasteiger partial charge in [0, 0.05) is 16.4 Å². The van der Waals surface area contributed by atoms with E-state index in [1.165, 1.54) is 0 Å². The van der Waals surface area contributed by atoms with Gasteiger partial charge in [-0.15, -0.1) is 0 Å². The van der Waals surface area contributed by atoms with Crippen molar-refractivity contribution in [3.8, 4) is 0 Å². The first kappa shape index (κ1) is 14.9. The zero-order chi connectivity index (χ0) is 14.9. The molecule has 0 radical (unpaired) electrons. The van der Waals surface area contributed by atoms with Crippen molar-refractivity contribution in [3.05, 3.63) is 51.1 Å². The van der Waals surface area contributed by atoms with E-state index in [-0.39, 0.29) is 0 Å². The molecule has 0 aliphatic heterocycles. The smallest absolute Gasteiger partial charge is 0.140 e. The van der Waals surface area contributed by atoms with Crippen LogP contribution in [0.5, 0.6) is 0 Å². The number of hydrogen-bond acceptors (Lipinski definition) is 3. The lowest BCUT2D eigenvalue weighted by Crippen LogP contribution is -2.14. The quantitative estimate of drug-likeness (QED) is 0.817.